The number of rotatable bonds is 3. The molecule has 0 aromatic heterocycles. The van der Waals surface area contributed by atoms with Crippen molar-refractivity contribution in [2.75, 3.05) is 5.32 Å². The molecular weight excluding hydrogens is 300 g/mol. The maximum Gasteiger partial charge on any atom is 0.496 e. The van der Waals surface area contributed by atoms with Gasteiger partial charge in [0.25, 0.3) is 0 Å². The second-order valence-corrected chi connectivity index (χ2v) is 7.50. The van der Waals surface area contributed by atoms with Crippen LogP contribution in [-0.2, 0) is 14.1 Å². The van der Waals surface area contributed by atoms with Gasteiger partial charge in [0.1, 0.15) is 0 Å². The fourth-order valence-electron chi connectivity index (χ4n) is 2.36. The molecule has 3 rings (SSSR count). The number of hydrogen-bond acceptors (Lipinski definition) is 3. The van der Waals surface area contributed by atoms with Gasteiger partial charge in [0.15, 0.2) is 0 Å². The molecule has 0 unspecified atom stereocenters. The molecule has 6 heteroatoms. The van der Waals surface area contributed by atoms with Gasteiger partial charge in [-0.15, -0.1) is 0 Å². The van der Waals surface area contributed by atoms with Crippen LogP contribution in [0.3, 0.4) is 0 Å². The smallest absolute Gasteiger partial charge is 0.399 e. The quantitative estimate of drug-likeness (QED) is 0.871. The average Bonchev–Trinajstić information content (AvgIpc) is 3.20. The molecule has 1 aromatic carbocycles. The topological polar surface area (TPSA) is 47.6 Å². The van der Waals surface area contributed by atoms with Crippen molar-refractivity contribution in [3.05, 3.63) is 23.2 Å². The molecule has 1 heterocycles. The van der Waals surface area contributed by atoms with Gasteiger partial charge in [-0.25, -0.2) is 0 Å². The molecule has 4 nitrogen and oxygen atoms in total. The van der Waals surface area contributed by atoms with Gasteiger partial charge >= 0.3 is 7.12 Å². The number of anilines is 1. The fraction of sp³-hybridized carbons (Fsp3) is 0.562. The lowest BCUT2D eigenvalue weighted by atomic mass is 9.79. The maximum absolute atomic E-state index is 11.9. The summed E-state index contributed by atoms with van der Waals surface area (Å²) in [6.45, 7) is 8.00. The standard InChI is InChI=1S/C16H21BClNO3/c1-15(2)16(3,4)22-17(21-15)12-9-11(7-8-13(12)18)19-14(20)10-5-6-10/h7-10H,5-6H2,1-4H3,(H,19,20). The van der Waals surface area contributed by atoms with Crippen LogP contribution < -0.4 is 10.8 Å². The Balaban J connectivity index is 1.83. The zero-order valence-electron chi connectivity index (χ0n) is 13.4. The van der Waals surface area contributed by atoms with E-state index < -0.39 is 18.3 Å². The van der Waals surface area contributed by atoms with Crippen LogP contribution in [-0.4, -0.2) is 24.2 Å². The van der Waals surface area contributed by atoms with E-state index in [0.717, 1.165) is 24.0 Å². The average molecular weight is 322 g/mol. The summed E-state index contributed by atoms with van der Waals surface area (Å²) < 4.78 is 12.1. The first-order valence-corrected chi connectivity index (χ1v) is 8.03. The molecule has 1 aromatic rings. The molecule has 22 heavy (non-hydrogen) atoms. The van der Waals surface area contributed by atoms with Crippen LogP contribution in [0, 0.1) is 5.92 Å². The highest BCUT2D eigenvalue weighted by atomic mass is 35.5. The minimum atomic E-state index is -0.532. The van der Waals surface area contributed by atoms with Gasteiger partial charge in [-0.05, 0) is 58.7 Å². The summed E-state index contributed by atoms with van der Waals surface area (Å²) in [6, 6.07) is 5.41. The highest BCUT2D eigenvalue weighted by Gasteiger charge is 2.52. The summed E-state index contributed by atoms with van der Waals surface area (Å²) in [4.78, 5) is 11.9. The predicted octanol–water partition coefficient (Wildman–Crippen LogP) is 2.99. The summed E-state index contributed by atoms with van der Waals surface area (Å²) >= 11 is 6.30. The van der Waals surface area contributed by atoms with Crippen LogP contribution in [0.15, 0.2) is 18.2 Å². The lowest BCUT2D eigenvalue weighted by molar-refractivity contribution is -0.117. The molecule has 1 aliphatic heterocycles. The normalized spacial score (nSPS) is 22.7. The third kappa shape index (κ3) is 2.90. The van der Waals surface area contributed by atoms with Gasteiger partial charge < -0.3 is 14.6 Å². The zero-order chi connectivity index (χ0) is 16.1. The number of carbonyl (C=O) groups is 1. The van der Waals surface area contributed by atoms with Crippen LogP contribution in [0.2, 0.25) is 5.02 Å². The molecule has 1 saturated carbocycles. The van der Waals surface area contributed by atoms with Crippen LogP contribution >= 0.6 is 11.6 Å². The molecule has 1 saturated heterocycles. The highest BCUT2D eigenvalue weighted by Crippen LogP contribution is 2.37. The van der Waals surface area contributed by atoms with Crippen LogP contribution in [0.4, 0.5) is 5.69 Å². The van der Waals surface area contributed by atoms with Crippen LogP contribution in [0.25, 0.3) is 0 Å². The number of amides is 1. The minimum absolute atomic E-state index is 0.0715. The van der Waals surface area contributed by atoms with Crippen molar-refractivity contribution < 1.29 is 14.1 Å². The summed E-state index contributed by atoms with van der Waals surface area (Å²) in [5.41, 5.74) is 0.627. The molecule has 1 N–H and O–H groups in total. The van der Waals surface area contributed by atoms with Crippen molar-refractivity contribution in [1.82, 2.24) is 0 Å². The minimum Gasteiger partial charge on any atom is -0.399 e. The van der Waals surface area contributed by atoms with E-state index in [9.17, 15) is 4.79 Å². The monoisotopic (exact) mass is 321 g/mol. The van der Waals surface area contributed by atoms with Gasteiger partial charge in [0.05, 0.1) is 11.2 Å². The lowest BCUT2D eigenvalue weighted by Crippen LogP contribution is -2.41. The second kappa shape index (κ2) is 5.26. The Labute approximate surface area is 136 Å². The summed E-state index contributed by atoms with van der Waals surface area (Å²) in [5, 5.41) is 3.50. The van der Waals surface area contributed by atoms with Crippen LogP contribution in [0.5, 0.6) is 0 Å². The summed E-state index contributed by atoms with van der Waals surface area (Å²) in [5.74, 6) is 0.234. The first-order valence-electron chi connectivity index (χ1n) is 7.65. The Bertz CT molecular complexity index is 597. The van der Waals surface area contributed by atoms with E-state index in [1.807, 2.05) is 33.8 Å². The van der Waals surface area contributed by atoms with Gasteiger partial charge in [-0.3, -0.25) is 4.79 Å². The van der Waals surface area contributed by atoms with E-state index in [1.165, 1.54) is 0 Å². The molecule has 2 aliphatic rings. The van der Waals surface area contributed by atoms with Crippen LogP contribution in [0.1, 0.15) is 40.5 Å². The molecule has 1 aliphatic carbocycles. The van der Waals surface area contributed by atoms with Crippen molar-refractivity contribution in [2.45, 2.75) is 51.7 Å². The molecule has 0 spiro atoms. The first kappa shape index (κ1) is 15.8. The molecule has 2 fully saturated rings. The highest BCUT2D eigenvalue weighted by molar-refractivity contribution is 6.65. The number of nitrogens with one attached hydrogen (secondary N) is 1. The van der Waals surface area contributed by atoms with Crippen molar-refractivity contribution in [1.29, 1.82) is 0 Å². The van der Waals surface area contributed by atoms with E-state index in [1.54, 1.807) is 12.1 Å². The van der Waals surface area contributed by atoms with E-state index in [-0.39, 0.29) is 11.8 Å². The predicted molar refractivity (Wildman–Crippen MR) is 88.5 cm³/mol. The van der Waals surface area contributed by atoms with E-state index in [0.29, 0.717) is 5.02 Å². The van der Waals surface area contributed by atoms with Gasteiger partial charge in [-0.1, -0.05) is 11.6 Å². The van der Waals surface area contributed by atoms with Gasteiger partial charge in [0, 0.05) is 22.1 Å². The molecule has 0 atom stereocenters. The number of hydrogen-bond donors (Lipinski definition) is 1. The maximum atomic E-state index is 11.9. The van der Waals surface area contributed by atoms with Crippen molar-refractivity contribution in [3.63, 3.8) is 0 Å². The Morgan fingerprint density at radius 1 is 1.23 bits per heavy atom. The summed E-state index contributed by atoms with van der Waals surface area (Å²) in [6.07, 6.45) is 1.95. The van der Waals surface area contributed by atoms with E-state index >= 15 is 0 Å². The molecule has 118 valence electrons. The lowest BCUT2D eigenvalue weighted by Gasteiger charge is -2.32. The third-order valence-electron chi connectivity index (χ3n) is 4.72. The van der Waals surface area contributed by atoms with Crippen molar-refractivity contribution in [3.8, 4) is 0 Å². The largest absolute Gasteiger partial charge is 0.496 e. The Kier molecular flexibility index (Phi) is 3.79. The van der Waals surface area contributed by atoms with Crippen molar-refractivity contribution >= 4 is 35.8 Å². The Morgan fingerprint density at radius 2 is 1.82 bits per heavy atom. The fourth-order valence-corrected chi connectivity index (χ4v) is 2.57. The van der Waals surface area contributed by atoms with E-state index in [4.69, 9.17) is 20.9 Å². The zero-order valence-corrected chi connectivity index (χ0v) is 14.2. The molecular formula is C16H21BClNO3. The number of benzene rings is 1. The molecule has 1 amide bonds. The van der Waals surface area contributed by atoms with Gasteiger partial charge in [-0.2, -0.15) is 0 Å². The number of halogens is 1. The summed E-state index contributed by atoms with van der Waals surface area (Å²) in [7, 11) is -0.532. The molecule has 0 radical (unpaired) electrons. The Hall–Kier alpha value is -1.04. The second-order valence-electron chi connectivity index (χ2n) is 7.09. The van der Waals surface area contributed by atoms with Crippen molar-refractivity contribution in [2.24, 2.45) is 5.92 Å². The first-order chi connectivity index (χ1) is 10.2. The third-order valence-corrected chi connectivity index (χ3v) is 5.06. The Morgan fingerprint density at radius 3 is 2.36 bits per heavy atom. The number of carbonyl (C=O) groups excluding carboxylic acids is 1. The van der Waals surface area contributed by atoms with E-state index in [2.05, 4.69) is 5.32 Å². The molecule has 0 bridgehead atoms. The van der Waals surface area contributed by atoms with Gasteiger partial charge in [0.2, 0.25) is 5.91 Å². The SMILES string of the molecule is CC1(C)OB(c2cc(NC(=O)C3CC3)ccc2Cl)OC1(C)C.